The van der Waals surface area contributed by atoms with Gasteiger partial charge in [0.05, 0.1) is 17.3 Å². The normalized spacial score (nSPS) is 10.4. The van der Waals surface area contributed by atoms with Gasteiger partial charge in [-0.25, -0.2) is 13.6 Å². The summed E-state index contributed by atoms with van der Waals surface area (Å²) in [7, 11) is 0. The molecule has 1 heterocycles. The van der Waals surface area contributed by atoms with E-state index in [1.165, 1.54) is 0 Å². The molecule has 0 spiro atoms. The molecule has 0 saturated heterocycles. The van der Waals surface area contributed by atoms with Gasteiger partial charge in [-0.05, 0) is 9.91 Å². The van der Waals surface area contributed by atoms with Gasteiger partial charge in [-0.2, -0.15) is 0 Å². The molecule has 0 radical (unpaired) electrons. The van der Waals surface area contributed by atoms with Crippen LogP contribution in [0.25, 0.3) is 0 Å². The monoisotopic (exact) mass is 233 g/mol. The van der Waals surface area contributed by atoms with Crippen LogP contribution in [0.4, 0.5) is 20.3 Å². The standard InChI is InChI=1S/C7H5F2N3O4/c8-6(9)4-2(10)1-3(12(15)16)11-5(4)7(13)14/h1,6H,(H2,10,11)(H,13,14). The van der Waals surface area contributed by atoms with E-state index in [0.29, 0.717) is 6.07 Å². The largest absolute Gasteiger partial charge is 0.475 e. The summed E-state index contributed by atoms with van der Waals surface area (Å²) in [4.78, 5) is 22.9. The highest BCUT2D eigenvalue weighted by molar-refractivity contribution is 5.89. The lowest BCUT2D eigenvalue weighted by atomic mass is 10.1. The molecule has 1 aromatic rings. The number of hydrogen-bond donors (Lipinski definition) is 2. The lowest BCUT2D eigenvalue weighted by molar-refractivity contribution is -0.389. The Balaban J connectivity index is 3.52. The number of carboxylic acid groups (broad SMARTS) is 1. The first kappa shape index (κ1) is 11.8. The van der Waals surface area contributed by atoms with Gasteiger partial charge in [0.25, 0.3) is 12.1 Å². The third-order valence-electron chi connectivity index (χ3n) is 1.68. The smallest absolute Gasteiger partial charge is 0.381 e. The first-order chi connectivity index (χ1) is 7.34. The first-order valence-corrected chi connectivity index (χ1v) is 3.80. The molecule has 0 atom stereocenters. The Bertz CT molecular complexity index is 463. The Hall–Kier alpha value is -2.32. The predicted octanol–water partition coefficient (Wildman–Crippen LogP) is 1.21. The van der Waals surface area contributed by atoms with E-state index >= 15 is 0 Å². The summed E-state index contributed by atoms with van der Waals surface area (Å²) in [6.07, 6.45) is -3.17. The number of carboxylic acids is 1. The number of aromatic carboxylic acids is 1. The van der Waals surface area contributed by atoms with Crippen molar-refractivity contribution in [2.24, 2.45) is 0 Å². The number of nitrogens with two attached hydrogens (primary N) is 1. The third-order valence-corrected chi connectivity index (χ3v) is 1.68. The van der Waals surface area contributed by atoms with Crippen molar-refractivity contribution in [1.82, 2.24) is 4.98 Å². The molecule has 3 N–H and O–H groups in total. The zero-order chi connectivity index (χ0) is 12.5. The molecule has 1 rings (SSSR count). The number of nitro groups is 1. The molecule has 9 heteroatoms. The summed E-state index contributed by atoms with van der Waals surface area (Å²) in [6, 6.07) is 0.591. The van der Waals surface area contributed by atoms with Crippen molar-refractivity contribution in [3.63, 3.8) is 0 Å². The lowest BCUT2D eigenvalue weighted by Crippen LogP contribution is -2.11. The van der Waals surface area contributed by atoms with Crippen LogP contribution in [0.5, 0.6) is 0 Å². The van der Waals surface area contributed by atoms with Gasteiger partial charge >= 0.3 is 11.8 Å². The van der Waals surface area contributed by atoms with Crippen LogP contribution in [-0.4, -0.2) is 21.0 Å². The van der Waals surface area contributed by atoms with Crippen LogP contribution in [0.1, 0.15) is 22.5 Å². The van der Waals surface area contributed by atoms with Crippen LogP contribution in [0.15, 0.2) is 6.07 Å². The summed E-state index contributed by atoms with van der Waals surface area (Å²) in [5.74, 6) is -2.69. The van der Waals surface area contributed by atoms with E-state index in [1.807, 2.05) is 0 Å². The number of halogens is 2. The number of nitrogens with zero attached hydrogens (tertiary/aromatic N) is 2. The molecule has 0 aromatic carbocycles. The maximum Gasteiger partial charge on any atom is 0.381 e. The fourth-order valence-electron chi connectivity index (χ4n) is 1.05. The quantitative estimate of drug-likeness (QED) is 0.598. The molecule has 16 heavy (non-hydrogen) atoms. The Morgan fingerprint density at radius 2 is 2.19 bits per heavy atom. The van der Waals surface area contributed by atoms with E-state index in [2.05, 4.69) is 4.98 Å². The second-order valence-corrected chi connectivity index (χ2v) is 2.69. The van der Waals surface area contributed by atoms with E-state index in [9.17, 15) is 23.7 Å². The van der Waals surface area contributed by atoms with Gasteiger partial charge in [0.2, 0.25) is 0 Å². The number of carbonyl (C=O) groups is 1. The third kappa shape index (κ3) is 2.02. The molecular weight excluding hydrogens is 228 g/mol. The molecular formula is C7H5F2N3O4. The molecule has 0 fully saturated rings. The van der Waals surface area contributed by atoms with Crippen molar-refractivity contribution in [3.8, 4) is 0 Å². The fraction of sp³-hybridized carbons (Fsp3) is 0.143. The number of pyridine rings is 1. The zero-order valence-electron chi connectivity index (χ0n) is 7.55. The molecule has 1 aromatic heterocycles. The van der Waals surface area contributed by atoms with E-state index < -0.39 is 40.1 Å². The number of rotatable bonds is 3. The van der Waals surface area contributed by atoms with Crippen LogP contribution in [0, 0.1) is 10.1 Å². The van der Waals surface area contributed by atoms with Gasteiger partial charge in [-0.3, -0.25) is 0 Å². The molecule has 0 aliphatic carbocycles. The molecule has 7 nitrogen and oxygen atoms in total. The van der Waals surface area contributed by atoms with Crippen LogP contribution < -0.4 is 5.73 Å². The van der Waals surface area contributed by atoms with E-state index in [1.54, 1.807) is 0 Å². The second-order valence-electron chi connectivity index (χ2n) is 2.69. The van der Waals surface area contributed by atoms with Gasteiger partial charge < -0.3 is 21.0 Å². The second kappa shape index (κ2) is 4.04. The van der Waals surface area contributed by atoms with E-state index in [-0.39, 0.29) is 0 Å². The molecule has 0 amide bonds. The predicted molar refractivity (Wildman–Crippen MR) is 47.2 cm³/mol. The van der Waals surface area contributed by atoms with E-state index in [0.717, 1.165) is 0 Å². The average Bonchev–Trinajstić information content (AvgIpc) is 2.15. The van der Waals surface area contributed by atoms with Crippen LogP contribution >= 0.6 is 0 Å². The van der Waals surface area contributed by atoms with Gasteiger partial charge in [-0.1, -0.05) is 0 Å². The minimum Gasteiger partial charge on any atom is -0.475 e. The summed E-state index contributed by atoms with van der Waals surface area (Å²) in [6.45, 7) is 0. The molecule has 0 aliphatic rings. The molecule has 0 saturated carbocycles. The van der Waals surface area contributed by atoms with Gasteiger partial charge in [0.1, 0.15) is 0 Å². The van der Waals surface area contributed by atoms with Gasteiger partial charge in [-0.15, -0.1) is 0 Å². The van der Waals surface area contributed by atoms with Crippen molar-refractivity contribution in [2.75, 3.05) is 5.73 Å². The van der Waals surface area contributed by atoms with E-state index in [4.69, 9.17) is 10.8 Å². The fourth-order valence-corrected chi connectivity index (χ4v) is 1.05. The van der Waals surface area contributed by atoms with Crippen LogP contribution in [0.3, 0.4) is 0 Å². The first-order valence-electron chi connectivity index (χ1n) is 3.80. The molecule has 0 unspecified atom stereocenters. The summed E-state index contributed by atoms with van der Waals surface area (Å²) < 4.78 is 24.9. The number of hydrogen-bond acceptors (Lipinski definition) is 5. The minimum atomic E-state index is -3.17. The van der Waals surface area contributed by atoms with Crippen LogP contribution in [0.2, 0.25) is 0 Å². The lowest BCUT2D eigenvalue weighted by Gasteiger charge is -2.04. The highest BCUT2D eigenvalue weighted by Gasteiger charge is 2.29. The summed E-state index contributed by atoms with van der Waals surface area (Å²) >= 11 is 0. The minimum absolute atomic E-state index is 0.591. The maximum atomic E-state index is 12.4. The van der Waals surface area contributed by atoms with Crippen molar-refractivity contribution in [3.05, 3.63) is 27.4 Å². The molecule has 0 bridgehead atoms. The molecule has 0 aliphatic heterocycles. The summed E-state index contributed by atoms with van der Waals surface area (Å²) in [5.41, 5.74) is 2.31. The zero-order valence-corrected chi connectivity index (χ0v) is 7.55. The Kier molecular flexibility index (Phi) is 2.97. The topological polar surface area (TPSA) is 119 Å². The van der Waals surface area contributed by atoms with Crippen molar-refractivity contribution >= 4 is 17.5 Å². The maximum absolute atomic E-state index is 12.4. The van der Waals surface area contributed by atoms with Crippen molar-refractivity contribution in [1.29, 1.82) is 0 Å². The number of anilines is 1. The molecule has 86 valence electrons. The average molecular weight is 233 g/mol. The highest BCUT2D eigenvalue weighted by atomic mass is 19.3. The van der Waals surface area contributed by atoms with Gasteiger partial charge in [0.15, 0.2) is 0 Å². The Morgan fingerprint density at radius 1 is 1.62 bits per heavy atom. The Morgan fingerprint density at radius 3 is 2.56 bits per heavy atom. The van der Waals surface area contributed by atoms with Gasteiger partial charge in [0, 0.05) is 0 Å². The van der Waals surface area contributed by atoms with Crippen LogP contribution in [-0.2, 0) is 0 Å². The Labute approximate surface area is 86.7 Å². The summed E-state index contributed by atoms with van der Waals surface area (Å²) in [5, 5.41) is 18.9. The SMILES string of the molecule is Nc1cc([N+](=O)[O-])nc(C(=O)O)c1C(F)F. The van der Waals surface area contributed by atoms with Crippen molar-refractivity contribution in [2.45, 2.75) is 6.43 Å². The number of nitrogen functional groups attached to an aromatic ring is 1. The number of aromatic nitrogens is 1. The van der Waals surface area contributed by atoms with Crippen molar-refractivity contribution < 1.29 is 23.6 Å². The number of alkyl halides is 2. The highest BCUT2D eigenvalue weighted by Crippen LogP contribution is 2.30.